The van der Waals surface area contributed by atoms with E-state index in [4.69, 9.17) is 5.73 Å². The van der Waals surface area contributed by atoms with E-state index >= 15 is 0 Å². The highest BCUT2D eigenvalue weighted by Crippen LogP contribution is 2.23. The van der Waals surface area contributed by atoms with Crippen LogP contribution in [0.2, 0.25) is 0 Å². The highest BCUT2D eigenvalue weighted by molar-refractivity contribution is 5.63. The van der Waals surface area contributed by atoms with Crippen molar-refractivity contribution in [2.75, 3.05) is 0 Å². The third-order valence-corrected chi connectivity index (χ3v) is 3.35. The van der Waals surface area contributed by atoms with Crippen molar-refractivity contribution in [3.8, 4) is 16.8 Å². The Morgan fingerprint density at radius 3 is 2.55 bits per heavy atom. The fourth-order valence-electron chi connectivity index (χ4n) is 2.20. The maximum Gasteiger partial charge on any atom is 0.0645 e. The third-order valence-electron chi connectivity index (χ3n) is 3.35. The van der Waals surface area contributed by atoms with E-state index in [-0.39, 0.29) is 6.04 Å². The lowest BCUT2D eigenvalue weighted by Gasteiger charge is -2.06. The van der Waals surface area contributed by atoms with Crippen molar-refractivity contribution < 1.29 is 0 Å². The molecule has 20 heavy (non-hydrogen) atoms. The molecule has 3 nitrogen and oxygen atoms in total. The Bertz CT molecular complexity index is 699. The van der Waals surface area contributed by atoms with Gasteiger partial charge in [0.2, 0.25) is 0 Å². The maximum atomic E-state index is 5.94. The molecule has 1 atom stereocenters. The number of rotatable bonds is 3. The van der Waals surface area contributed by atoms with Crippen LogP contribution in [-0.2, 0) is 0 Å². The van der Waals surface area contributed by atoms with Gasteiger partial charge >= 0.3 is 0 Å². The zero-order valence-electron chi connectivity index (χ0n) is 11.4. The number of nitrogens with two attached hydrogens (primary N) is 1. The summed E-state index contributed by atoms with van der Waals surface area (Å²) >= 11 is 0. The molecule has 0 radical (unpaired) electrons. The summed E-state index contributed by atoms with van der Waals surface area (Å²) in [6, 6.07) is 18.4. The van der Waals surface area contributed by atoms with Crippen molar-refractivity contribution in [3.63, 3.8) is 0 Å². The molecule has 100 valence electrons. The monoisotopic (exact) mass is 263 g/mol. The van der Waals surface area contributed by atoms with Gasteiger partial charge in [-0.25, -0.2) is 4.68 Å². The first-order valence-corrected chi connectivity index (χ1v) is 6.70. The molecule has 0 aliphatic carbocycles. The fourth-order valence-corrected chi connectivity index (χ4v) is 2.20. The second kappa shape index (κ2) is 5.31. The van der Waals surface area contributed by atoms with Crippen molar-refractivity contribution in [2.24, 2.45) is 5.73 Å². The van der Waals surface area contributed by atoms with Crippen LogP contribution in [0.5, 0.6) is 0 Å². The molecule has 0 aliphatic rings. The minimum atomic E-state index is 0.0409. The van der Waals surface area contributed by atoms with Crippen LogP contribution in [0.4, 0.5) is 0 Å². The van der Waals surface area contributed by atoms with E-state index in [2.05, 4.69) is 23.3 Å². The van der Waals surface area contributed by atoms with E-state index < -0.39 is 0 Å². The summed E-state index contributed by atoms with van der Waals surface area (Å²) in [7, 11) is 0. The van der Waals surface area contributed by atoms with Crippen LogP contribution in [0.15, 0.2) is 67.0 Å². The Kier molecular flexibility index (Phi) is 3.35. The zero-order valence-corrected chi connectivity index (χ0v) is 11.4. The second-order valence-corrected chi connectivity index (χ2v) is 4.92. The van der Waals surface area contributed by atoms with Crippen LogP contribution in [0.1, 0.15) is 18.5 Å². The first kappa shape index (κ1) is 12.6. The summed E-state index contributed by atoms with van der Waals surface area (Å²) < 4.78 is 1.88. The molecule has 1 aromatic heterocycles. The smallest absolute Gasteiger partial charge is 0.0645 e. The summed E-state index contributed by atoms with van der Waals surface area (Å²) in [4.78, 5) is 0. The average molecular weight is 263 g/mol. The molecule has 0 aliphatic heterocycles. The highest BCUT2D eigenvalue weighted by atomic mass is 15.3. The van der Waals surface area contributed by atoms with Gasteiger partial charge < -0.3 is 5.73 Å². The number of hydrogen-bond acceptors (Lipinski definition) is 2. The number of benzene rings is 2. The van der Waals surface area contributed by atoms with Crippen molar-refractivity contribution in [2.45, 2.75) is 13.0 Å². The fraction of sp³-hybridized carbons (Fsp3) is 0.118. The molecule has 3 rings (SSSR count). The van der Waals surface area contributed by atoms with Gasteiger partial charge in [0.05, 0.1) is 11.9 Å². The maximum absolute atomic E-state index is 5.94. The Labute approximate surface area is 118 Å². The summed E-state index contributed by atoms with van der Waals surface area (Å²) in [5, 5.41) is 4.42. The molecule has 3 heteroatoms. The van der Waals surface area contributed by atoms with Crippen molar-refractivity contribution in [1.29, 1.82) is 0 Å². The molecule has 0 fully saturated rings. The highest BCUT2D eigenvalue weighted by Gasteiger charge is 2.05. The van der Waals surface area contributed by atoms with Gasteiger partial charge in [-0.05, 0) is 36.2 Å². The lowest BCUT2D eigenvalue weighted by Crippen LogP contribution is -2.04. The summed E-state index contributed by atoms with van der Waals surface area (Å²) in [5.74, 6) is 0. The molecule has 0 saturated heterocycles. The quantitative estimate of drug-likeness (QED) is 0.785. The minimum Gasteiger partial charge on any atom is -0.324 e. The molecule has 0 spiro atoms. The van der Waals surface area contributed by atoms with Gasteiger partial charge in [-0.15, -0.1) is 0 Å². The van der Waals surface area contributed by atoms with E-state index in [9.17, 15) is 0 Å². The van der Waals surface area contributed by atoms with Gasteiger partial charge in [-0.2, -0.15) is 5.10 Å². The van der Waals surface area contributed by atoms with Gasteiger partial charge in [0, 0.05) is 17.8 Å². The largest absolute Gasteiger partial charge is 0.324 e. The second-order valence-electron chi connectivity index (χ2n) is 4.92. The predicted molar refractivity (Wildman–Crippen MR) is 81.6 cm³/mol. The van der Waals surface area contributed by atoms with E-state index in [1.807, 2.05) is 60.4 Å². The topological polar surface area (TPSA) is 43.8 Å². The summed E-state index contributed by atoms with van der Waals surface area (Å²) in [6.45, 7) is 1.99. The van der Waals surface area contributed by atoms with Crippen LogP contribution in [0.3, 0.4) is 0 Å². The van der Waals surface area contributed by atoms with Gasteiger partial charge in [0.1, 0.15) is 0 Å². The van der Waals surface area contributed by atoms with Gasteiger partial charge in [0.25, 0.3) is 0 Å². The molecule has 3 aromatic rings. The molecule has 2 aromatic carbocycles. The van der Waals surface area contributed by atoms with Gasteiger partial charge in [0.15, 0.2) is 0 Å². The Morgan fingerprint density at radius 2 is 1.80 bits per heavy atom. The van der Waals surface area contributed by atoms with Crippen LogP contribution in [0, 0.1) is 0 Å². The SMILES string of the molecule is CC(N)c1cccc(-c2cnn(-c3ccccc3)c2)c1. The van der Waals surface area contributed by atoms with Crippen LogP contribution in [-0.4, -0.2) is 9.78 Å². The molecule has 0 amide bonds. The van der Waals surface area contributed by atoms with E-state index in [0.29, 0.717) is 0 Å². The van der Waals surface area contributed by atoms with Crippen LogP contribution < -0.4 is 5.73 Å². The number of aromatic nitrogens is 2. The van der Waals surface area contributed by atoms with E-state index in [1.165, 1.54) is 0 Å². The first-order chi connectivity index (χ1) is 9.74. The molecular weight excluding hydrogens is 246 g/mol. The normalized spacial score (nSPS) is 12.3. The first-order valence-electron chi connectivity index (χ1n) is 6.70. The number of para-hydroxylation sites is 1. The van der Waals surface area contributed by atoms with E-state index in [1.54, 1.807) is 0 Å². The lowest BCUT2D eigenvalue weighted by atomic mass is 10.0. The molecular formula is C17H17N3. The van der Waals surface area contributed by atoms with Gasteiger partial charge in [-0.3, -0.25) is 0 Å². The van der Waals surface area contributed by atoms with E-state index in [0.717, 1.165) is 22.4 Å². The van der Waals surface area contributed by atoms with Crippen molar-refractivity contribution in [3.05, 3.63) is 72.6 Å². The van der Waals surface area contributed by atoms with Gasteiger partial charge in [-0.1, -0.05) is 36.4 Å². The molecule has 1 heterocycles. The predicted octanol–water partition coefficient (Wildman–Crippen LogP) is 3.56. The molecule has 0 bridgehead atoms. The Morgan fingerprint density at radius 1 is 1.00 bits per heavy atom. The lowest BCUT2D eigenvalue weighted by molar-refractivity contribution is 0.819. The molecule has 2 N–H and O–H groups in total. The summed E-state index contributed by atoms with van der Waals surface area (Å²) in [5.41, 5.74) is 10.4. The minimum absolute atomic E-state index is 0.0409. The number of hydrogen-bond donors (Lipinski definition) is 1. The number of nitrogens with zero attached hydrogens (tertiary/aromatic N) is 2. The Hall–Kier alpha value is -2.39. The van der Waals surface area contributed by atoms with Crippen molar-refractivity contribution in [1.82, 2.24) is 9.78 Å². The standard InChI is InChI=1S/C17H17N3/c1-13(18)14-6-5-7-15(10-14)16-11-19-20(12-16)17-8-3-2-4-9-17/h2-13H,18H2,1H3. The van der Waals surface area contributed by atoms with Crippen LogP contribution in [0.25, 0.3) is 16.8 Å². The van der Waals surface area contributed by atoms with Crippen molar-refractivity contribution >= 4 is 0 Å². The molecule has 0 saturated carbocycles. The zero-order chi connectivity index (χ0) is 13.9. The Balaban J connectivity index is 1.96. The van der Waals surface area contributed by atoms with Crippen LogP contribution >= 0.6 is 0 Å². The molecule has 1 unspecified atom stereocenters. The summed E-state index contributed by atoms with van der Waals surface area (Å²) in [6.07, 6.45) is 3.92. The third kappa shape index (κ3) is 2.49. The average Bonchev–Trinajstić information content (AvgIpc) is 2.98.